The zero-order chi connectivity index (χ0) is 12.1. The van der Waals surface area contributed by atoms with Gasteiger partial charge in [-0.05, 0) is 31.6 Å². The summed E-state index contributed by atoms with van der Waals surface area (Å²) in [5, 5.41) is 3.33. The molecule has 0 radical (unpaired) electrons. The molecule has 4 heteroatoms. The summed E-state index contributed by atoms with van der Waals surface area (Å²) < 4.78 is 5.35. The molecule has 0 unspecified atom stereocenters. The molecule has 1 saturated carbocycles. The highest BCUT2D eigenvalue weighted by Crippen LogP contribution is 2.49. The Morgan fingerprint density at radius 2 is 2.24 bits per heavy atom. The Balaban J connectivity index is 1.88. The number of aromatic nitrogens is 2. The number of hydrogen-bond acceptors (Lipinski definition) is 4. The summed E-state index contributed by atoms with van der Waals surface area (Å²) in [5.41, 5.74) is 0.514. The molecule has 1 aliphatic carbocycles. The highest BCUT2D eigenvalue weighted by Gasteiger charge is 2.41. The van der Waals surface area contributed by atoms with E-state index >= 15 is 0 Å². The number of hydrogen-bond donors (Lipinski definition) is 1. The van der Waals surface area contributed by atoms with Crippen molar-refractivity contribution < 1.29 is 4.74 Å². The molecule has 0 aliphatic heterocycles. The van der Waals surface area contributed by atoms with E-state index in [1.807, 2.05) is 6.92 Å². The molecule has 1 aromatic rings. The van der Waals surface area contributed by atoms with Gasteiger partial charge in [-0.15, -0.1) is 0 Å². The van der Waals surface area contributed by atoms with Gasteiger partial charge >= 0.3 is 0 Å². The van der Waals surface area contributed by atoms with Crippen LogP contribution in [0.2, 0.25) is 0 Å². The van der Waals surface area contributed by atoms with Crippen molar-refractivity contribution in [3.63, 3.8) is 0 Å². The maximum atomic E-state index is 5.35. The first-order valence-corrected chi connectivity index (χ1v) is 6.48. The van der Waals surface area contributed by atoms with Crippen molar-refractivity contribution in [3.8, 4) is 5.88 Å². The molecule has 94 valence electrons. The van der Waals surface area contributed by atoms with Gasteiger partial charge in [0.1, 0.15) is 0 Å². The summed E-state index contributed by atoms with van der Waals surface area (Å²) in [6, 6.07) is 1.79. The molecule has 0 aromatic carbocycles. The fraction of sp³-hybridized carbons (Fsp3) is 0.692. The van der Waals surface area contributed by atoms with Crippen LogP contribution in [-0.2, 0) is 0 Å². The van der Waals surface area contributed by atoms with Crippen LogP contribution < -0.4 is 10.1 Å². The minimum atomic E-state index is 0.514. The average Bonchev–Trinajstić information content (AvgIpc) is 3.09. The van der Waals surface area contributed by atoms with Crippen molar-refractivity contribution in [1.29, 1.82) is 0 Å². The molecule has 0 atom stereocenters. The molecule has 17 heavy (non-hydrogen) atoms. The number of rotatable bonds is 7. The van der Waals surface area contributed by atoms with Crippen LogP contribution in [0.5, 0.6) is 5.88 Å². The van der Waals surface area contributed by atoms with Crippen LogP contribution >= 0.6 is 0 Å². The van der Waals surface area contributed by atoms with Crippen molar-refractivity contribution in [3.05, 3.63) is 12.3 Å². The molecule has 4 nitrogen and oxygen atoms in total. The Bertz CT molecular complexity index is 363. The fourth-order valence-corrected chi connectivity index (χ4v) is 2.14. The molecular weight excluding hydrogens is 214 g/mol. The summed E-state index contributed by atoms with van der Waals surface area (Å²) >= 11 is 0. The largest absolute Gasteiger partial charge is 0.478 e. The van der Waals surface area contributed by atoms with Crippen LogP contribution in [0.1, 0.15) is 39.5 Å². The molecule has 2 rings (SSSR count). The molecular formula is C13H21N3O. The second-order valence-electron chi connectivity index (χ2n) is 4.76. The van der Waals surface area contributed by atoms with Gasteiger partial charge in [0.25, 0.3) is 0 Å². The summed E-state index contributed by atoms with van der Waals surface area (Å²) in [6.45, 7) is 5.81. The number of nitrogens with zero attached hydrogens (tertiary/aromatic N) is 2. The first kappa shape index (κ1) is 12.1. The minimum Gasteiger partial charge on any atom is -0.478 e. The molecule has 1 fully saturated rings. The molecule has 0 spiro atoms. The third-order valence-electron chi connectivity index (χ3n) is 3.28. The molecule has 1 N–H and O–H groups in total. The summed E-state index contributed by atoms with van der Waals surface area (Å²) in [7, 11) is 0. The van der Waals surface area contributed by atoms with E-state index in [1.54, 1.807) is 12.3 Å². The lowest BCUT2D eigenvalue weighted by molar-refractivity contribution is 0.326. The van der Waals surface area contributed by atoms with Crippen LogP contribution in [0.4, 0.5) is 5.95 Å². The van der Waals surface area contributed by atoms with Crippen molar-refractivity contribution in [2.24, 2.45) is 5.41 Å². The SMILES string of the molecule is CCCC1(CNc2nccc(OCC)n2)CC1. The Labute approximate surface area is 103 Å². The van der Waals surface area contributed by atoms with Gasteiger partial charge in [0.2, 0.25) is 11.8 Å². The zero-order valence-electron chi connectivity index (χ0n) is 10.7. The van der Waals surface area contributed by atoms with E-state index in [1.165, 1.54) is 25.7 Å². The van der Waals surface area contributed by atoms with Gasteiger partial charge in [0.05, 0.1) is 6.61 Å². The van der Waals surface area contributed by atoms with Gasteiger partial charge in [-0.1, -0.05) is 13.3 Å². The van der Waals surface area contributed by atoms with Crippen LogP contribution in [-0.4, -0.2) is 23.1 Å². The maximum Gasteiger partial charge on any atom is 0.225 e. The van der Waals surface area contributed by atoms with Gasteiger partial charge in [0.15, 0.2) is 0 Å². The molecule has 1 aliphatic rings. The predicted molar refractivity (Wildman–Crippen MR) is 68.3 cm³/mol. The lowest BCUT2D eigenvalue weighted by Crippen LogP contribution is -2.16. The lowest BCUT2D eigenvalue weighted by atomic mass is 10.0. The third-order valence-corrected chi connectivity index (χ3v) is 3.28. The molecule has 1 aromatic heterocycles. The van der Waals surface area contributed by atoms with Crippen LogP contribution in [0.15, 0.2) is 12.3 Å². The van der Waals surface area contributed by atoms with Crippen molar-refractivity contribution in [2.75, 3.05) is 18.5 Å². The van der Waals surface area contributed by atoms with Crippen molar-refractivity contribution in [1.82, 2.24) is 9.97 Å². The van der Waals surface area contributed by atoms with Gasteiger partial charge in [-0.3, -0.25) is 0 Å². The van der Waals surface area contributed by atoms with E-state index in [0.717, 1.165) is 6.54 Å². The van der Waals surface area contributed by atoms with E-state index < -0.39 is 0 Å². The Morgan fingerprint density at radius 1 is 1.41 bits per heavy atom. The normalized spacial score (nSPS) is 16.6. The van der Waals surface area contributed by atoms with E-state index in [9.17, 15) is 0 Å². The monoisotopic (exact) mass is 235 g/mol. The number of nitrogens with one attached hydrogen (secondary N) is 1. The van der Waals surface area contributed by atoms with E-state index in [4.69, 9.17) is 4.74 Å². The first-order valence-electron chi connectivity index (χ1n) is 6.48. The van der Waals surface area contributed by atoms with Gasteiger partial charge in [0, 0.05) is 18.8 Å². The standard InChI is InChI=1S/C13H21N3O/c1-3-6-13(7-8-13)10-15-12-14-9-5-11(16-12)17-4-2/h5,9H,3-4,6-8,10H2,1-2H3,(H,14,15,16). The predicted octanol–water partition coefficient (Wildman–Crippen LogP) is 2.87. The van der Waals surface area contributed by atoms with Crippen LogP contribution in [0, 0.1) is 5.41 Å². The zero-order valence-corrected chi connectivity index (χ0v) is 10.7. The number of anilines is 1. The average molecular weight is 235 g/mol. The van der Waals surface area contributed by atoms with Crippen molar-refractivity contribution in [2.45, 2.75) is 39.5 Å². The fourth-order valence-electron chi connectivity index (χ4n) is 2.14. The van der Waals surface area contributed by atoms with Gasteiger partial charge in [-0.25, -0.2) is 4.98 Å². The van der Waals surface area contributed by atoms with E-state index in [0.29, 0.717) is 23.9 Å². The highest BCUT2D eigenvalue weighted by molar-refractivity contribution is 5.28. The molecule has 1 heterocycles. The second-order valence-corrected chi connectivity index (χ2v) is 4.76. The molecule has 0 saturated heterocycles. The van der Waals surface area contributed by atoms with Crippen molar-refractivity contribution >= 4 is 5.95 Å². The maximum absolute atomic E-state index is 5.35. The van der Waals surface area contributed by atoms with E-state index in [2.05, 4.69) is 22.2 Å². The van der Waals surface area contributed by atoms with Gasteiger partial charge in [-0.2, -0.15) is 4.98 Å². The topological polar surface area (TPSA) is 47.0 Å². The molecule has 0 amide bonds. The smallest absolute Gasteiger partial charge is 0.225 e. The summed E-state index contributed by atoms with van der Waals surface area (Å²) in [6.07, 6.45) is 6.95. The Kier molecular flexibility index (Phi) is 3.82. The minimum absolute atomic E-state index is 0.514. The van der Waals surface area contributed by atoms with Gasteiger partial charge < -0.3 is 10.1 Å². The lowest BCUT2D eigenvalue weighted by Gasteiger charge is -2.14. The van der Waals surface area contributed by atoms with Crippen LogP contribution in [0.25, 0.3) is 0 Å². The second kappa shape index (κ2) is 5.34. The summed E-state index contributed by atoms with van der Waals surface area (Å²) in [4.78, 5) is 8.52. The summed E-state index contributed by atoms with van der Waals surface area (Å²) in [5.74, 6) is 1.32. The number of ether oxygens (including phenoxy) is 1. The van der Waals surface area contributed by atoms with Crippen LogP contribution in [0.3, 0.4) is 0 Å². The van der Waals surface area contributed by atoms with E-state index in [-0.39, 0.29) is 0 Å². The Hall–Kier alpha value is -1.32. The highest BCUT2D eigenvalue weighted by atomic mass is 16.5. The quantitative estimate of drug-likeness (QED) is 0.789. The third kappa shape index (κ3) is 3.32. The Morgan fingerprint density at radius 3 is 2.88 bits per heavy atom. The first-order chi connectivity index (χ1) is 8.28. The molecule has 0 bridgehead atoms.